The lowest BCUT2D eigenvalue weighted by molar-refractivity contribution is 0.637. The largest absolute Gasteiger partial charge is 0.0623 e. The summed E-state index contributed by atoms with van der Waals surface area (Å²) in [7, 11) is 0. The Morgan fingerprint density at radius 2 is 0.724 bits per heavy atom. The highest BCUT2D eigenvalue weighted by atomic mass is 14.3. The molecule has 0 aliphatic rings. The van der Waals surface area contributed by atoms with Gasteiger partial charge in [0.2, 0.25) is 0 Å². The Morgan fingerprint density at radius 3 is 1.14 bits per heavy atom. The van der Waals surface area contributed by atoms with Crippen molar-refractivity contribution in [2.75, 3.05) is 0 Å². The number of benzene rings is 4. The van der Waals surface area contributed by atoms with E-state index in [1.54, 1.807) is 0 Å². The lowest BCUT2D eigenvalue weighted by Gasteiger charge is -2.33. The van der Waals surface area contributed by atoms with Gasteiger partial charge in [-0.3, -0.25) is 0 Å². The van der Waals surface area contributed by atoms with Gasteiger partial charge in [-0.05, 0) is 34.7 Å². The smallest absolute Gasteiger partial charge is 0.0622 e. The van der Waals surface area contributed by atoms with Crippen LogP contribution in [0.15, 0.2) is 115 Å². The molecular weight excluding hydrogens is 348 g/mol. The number of hydrogen-bond donors (Lipinski definition) is 0. The molecule has 0 saturated heterocycles. The molecule has 0 saturated carbocycles. The van der Waals surface area contributed by atoms with E-state index in [1.807, 2.05) is 72.8 Å². The molecule has 0 aliphatic heterocycles. The second-order valence-electron chi connectivity index (χ2n) is 8.19. The van der Waals surface area contributed by atoms with Gasteiger partial charge in [-0.25, -0.2) is 0 Å². The van der Waals surface area contributed by atoms with Gasteiger partial charge in [0.1, 0.15) is 0 Å². The van der Waals surface area contributed by atoms with Crippen molar-refractivity contribution in [1.82, 2.24) is 0 Å². The summed E-state index contributed by atoms with van der Waals surface area (Å²) in [4.78, 5) is 0. The van der Waals surface area contributed by atoms with Crippen molar-refractivity contribution in [2.45, 2.75) is 31.6 Å². The molecule has 0 heteroatoms. The second-order valence-corrected chi connectivity index (χ2v) is 8.19. The average Bonchev–Trinajstić information content (AvgIpc) is 2.80. The van der Waals surface area contributed by atoms with E-state index in [2.05, 4.69) is 45.0 Å². The lowest BCUT2D eigenvalue weighted by Crippen LogP contribution is -2.26. The van der Waals surface area contributed by atoms with Gasteiger partial charge in [0, 0.05) is 10.8 Å². The molecule has 0 aromatic heterocycles. The van der Waals surface area contributed by atoms with Crippen LogP contribution in [0.2, 0.25) is 0 Å². The van der Waals surface area contributed by atoms with Gasteiger partial charge in [0.05, 0.1) is 4.11 Å². The summed E-state index contributed by atoms with van der Waals surface area (Å²) >= 11 is 0. The van der Waals surface area contributed by atoms with Crippen molar-refractivity contribution in [2.24, 2.45) is 0 Å². The van der Waals surface area contributed by atoms with Crippen LogP contribution in [0.1, 0.15) is 52.7 Å². The minimum absolute atomic E-state index is 0.178. The Hall–Kier alpha value is -3.12. The molecule has 0 fully saturated rings. The Kier molecular flexibility index (Phi) is 4.19. The van der Waals surface area contributed by atoms with Gasteiger partial charge in [-0.1, -0.05) is 129 Å². The Morgan fingerprint density at radius 1 is 0.448 bits per heavy atom. The maximum atomic E-state index is 7.89. The van der Waals surface area contributed by atoms with E-state index < -0.39 is 5.41 Å². The molecule has 4 aromatic carbocycles. The maximum absolute atomic E-state index is 7.89. The quantitative estimate of drug-likeness (QED) is 0.318. The molecule has 4 rings (SSSR count). The number of hydrogen-bond acceptors (Lipinski definition) is 0. The third kappa shape index (κ3) is 3.51. The molecule has 0 aliphatic carbocycles. The fourth-order valence-corrected chi connectivity index (χ4v) is 4.13. The molecule has 0 spiro atoms. The van der Waals surface area contributed by atoms with E-state index >= 15 is 0 Å². The Balaban J connectivity index is 1.79. The highest BCUT2D eigenvalue weighted by molar-refractivity contribution is 5.50. The minimum Gasteiger partial charge on any atom is -0.0622 e. The van der Waals surface area contributed by atoms with Crippen LogP contribution in [-0.4, -0.2) is 0 Å². The van der Waals surface area contributed by atoms with Crippen molar-refractivity contribution in [3.8, 4) is 0 Å². The fraction of sp³-hybridized carbons (Fsp3) is 0.172. The van der Waals surface area contributed by atoms with Gasteiger partial charge in [0.15, 0.2) is 0 Å². The summed E-state index contributed by atoms with van der Waals surface area (Å²) in [6, 6.07) is 33.5. The zero-order chi connectivity index (χ0) is 22.9. The van der Waals surface area contributed by atoms with E-state index in [0.29, 0.717) is 18.1 Å². The monoisotopic (exact) mass is 379 g/mol. The van der Waals surface area contributed by atoms with Crippen LogP contribution in [0, 0.1) is 0 Å². The van der Waals surface area contributed by atoms with Crippen LogP contribution in [0.3, 0.4) is 0 Å². The van der Waals surface area contributed by atoms with Crippen LogP contribution in [0.4, 0.5) is 0 Å². The SMILES string of the molecule is [2H]c1ccc(C(C)(C)c2ccc(C(C)(c3ccc([2H])cc3)c3ccc([2H])cc3)cc2)cc1. The predicted octanol–water partition coefficient (Wildman–Crippen LogP) is 7.37. The highest BCUT2D eigenvalue weighted by Gasteiger charge is 2.31. The maximum Gasteiger partial charge on any atom is 0.0623 e. The van der Waals surface area contributed by atoms with Gasteiger partial charge >= 0.3 is 0 Å². The molecule has 0 atom stereocenters. The van der Waals surface area contributed by atoms with Crippen LogP contribution in [-0.2, 0) is 10.8 Å². The normalized spacial score (nSPS) is 13.4. The molecule has 144 valence electrons. The van der Waals surface area contributed by atoms with E-state index in [-0.39, 0.29) is 5.41 Å². The third-order valence-electron chi connectivity index (χ3n) is 6.22. The predicted molar refractivity (Wildman–Crippen MR) is 123 cm³/mol. The first-order valence-electron chi connectivity index (χ1n) is 11.5. The average molecular weight is 380 g/mol. The molecule has 0 nitrogen and oxygen atoms in total. The van der Waals surface area contributed by atoms with Crippen molar-refractivity contribution in [1.29, 1.82) is 0 Å². The molecule has 0 amide bonds. The molecule has 0 radical (unpaired) electrons. The van der Waals surface area contributed by atoms with E-state index in [9.17, 15) is 0 Å². The zero-order valence-corrected chi connectivity index (χ0v) is 17.2. The topological polar surface area (TPSA) is 0 Å². The summed E-state index contributed by atoms with van der Waals surface area (Å²) in [5.74, 6) is 0. The van der Waals surface area contributed by atoms with Crippen molar-refractivity contribution in [3.05, 3.63) is 143 Å². The first-order valence-corrected chi connectivity index (χ1v) is 10.0. The first-order chi connectivity index (χ1) is 15.2. The molecule has 4 aromatic rings. The third-order valence-corrected chi connectivity index (χ3v) is 6.22. The fourth-order valence-electron chi connectivity index (χ4n) is 4.13. The van der Waals surface area contributed by atoms with Crippen LogP contribution in [0.5, 0.6) is 0 Å². The minimum atomic E-state index is -0.406. The Labute approximate surface area is 179 Å². The summed E-state index contributed by atoms with van der Waals surface area (Å²) < 4.78 is 23.5. The van der Waals surface area contributed by atoms with Crippen molar-refractivity contribution >= 4 is 0 Å². The van der Waals surface area contributed by atoms with Crippen LogP contribution in [0.25, 0.3) is 0 Å². The zero-order valence-electron chi connectivity index (χ0n) is 20.2. The first kappa shape index (κ1) is 15.8. The van der Waals surface area contributed by atoms with Gasteiger partial charge < -0.3 is 0 Å². The standard InChI is InChI=1S/C29H28/c1-28(2,23-13-7-4-8-14-23)24-19-21-27(22-20-24)29(3,25-15-9-5-10-16-25)26-17-11-6-12-18-26/h4-22H,1-3H3/i4D,5D,6D. The molecule has 0 heterocycles. The van der Waals surface area contributed by atoms with Crippen molar-refractivity contribution < 1.29 is 4.11 Å². The summed E-state index contributed by atoms with van der Waals surface area (Å²) in [5, 5.41) is 0. The van der Waals surface area contributed by atoms with E-state index in [1.165, 1.54) is 11.1 Å². The lowest BCUT2D eigenvalue weighted by atomic mass is 9.70. The summed E-state index contributed by atoms with van der Waals surface area (Å²) in [5.41, 5.74) is 5.20. The Bertz CT molecular complexity index is 1140. The van der Waals surface area contributed by atoms with Gasteiger partial charge in [0.25, 0.3) is 0 Å². The number of rotatable bonds is 5. The van der Waals surface area contributed by atoms with Crippen molar-refractivity contribution in [3.63, 3.8) is 0 Å². The molecule has 29 heavy (non-hydrogen) atoms. The highest BCUT2D eigenvalue weighted by Crippen LogP contribution is 2.40. The molecular formula is C29H28. The van der Waals surface area contributed by atoms with Crippen LogP contribution >= 0.6 is 0 Å². The molecule has 0 bridgehead atoms. The van der Waals surface area contributed by atoms with Gasteiger partial charge in [-0.2, -0.15) is 0 Å². The molecule has 0 N–H and O–H groups in total. The van der Waals surface area contributed by atoms with E-state index in [0.717, 1.165) is 16.7 Å². The molecule has 0 unspecified atom stereocenters. The van der Waals surface area contributed by atoms with Gasteiger partial charge in [-0.15, -0.1) is 0 Å². The summed E-state index contributed by atoms with van der Waals surface area (Å²) in [6.07, 6.45) is 0. The summed E-state index contributed by atoms with van der Waals surface area (Å²) in [6.45, 7) is 6.62. The van der Waals surface area contributed by atoms with E-state index in [4.69, 9.17) is 4.11 Å². The second kappa shape index (κ2) is 7.72. The van der Waals surface area contributed by atoms with Crippen LogP contribution < -0.4 is 0 Å².